The predicted octanol–water partition coefficient (Wildman–Crippen LogP) is 5.71. The van der Waals surface area contributed by atoms with Gasteiger partial charge in [0, 0.05) is 23.8 Å². The molecule has 2 atom stereocenters. The molecule has 0 bridgehead atoms. The number of aliphatic hydroxyl groups is 1. The summed E-state index contributed by atoms with van der Waals surface area (Å²) in [4.78, 5) is 0. The number of nitrogens with zero attached hydrogens (tertiary/aromatic N) is 4. The van der Waals surface area contributed by atoms with Gasteiger partial charge in [0.1, 0.15) is 11.4 Å². The number of hydrogen-bond donors (Lipinski definition) is 1. The molecule has 1 unspecified atom stereocenters. The standard InChI is InChI=1S/C29H46N4O5Si/c1-21-16-24(38-39(6,7)29(3,4)5)17-25-27(31-33(28(21)25)26-10-8-9-12-37-26)23-18-30-32(19-23)11-13-35-14-15-36-20-22(2)34/h16-19,22,26,34H,8-15,20H2,1-7H3/t22-,26?/m0/s1. The van der Waals surface area contributed by atoms with E-state index in [9.17, 15) is 5.11 Å². The predicted molar refractivity (Wildman–Crippen MR) is 156 cm³/mol. The summed E-state index contributed by atoms with van der Waals surface area (Å²) < 4.78 is 27.9. The molecule has 9 nitrogen and oxygen atoms in total. The largest absolute Gasteiger partial charge is 0.543 e. The van der Waals surface area contributed by atoms with Gasteiger partial charge in [-0.2, -0.15) is 10.2 Å². The molecule has 1 fully saturated rings. The highest BCUT2D eigenvalue weighted by molar-refractivity contribution is 6.74. The minimum absolute atomic E-state index is 0.0691. The fourth-order valence-electron chi connectivity index (χ4n) is 4.53. The Bertz CT molecular complexity index is 1220. The lowest BCUT2D eigenvalue weighted by Gasteiger charge is -2.36. The number of hydrogen-bond acceptors (Lipinski definition) is 7. The number of ether oxygens (including phenoxy) is 3. The van der Waals surface area contributed by atoms with Crippen LogP contribution < -0.4 is 4.43 Å². The molecular weight excluding hydrogens is 512 g/mol. The molecule has 10 heteroatoms. The van der Waals surface area contributed by atoms with Gasteiger partial charge < -0.3 is 23.7 Å². The van der Waals surface area contributed by atoms with E-state index in [4.69, 9.17) is 23.7 Å². The second kappa shape index (κ2) is 12.5. The Balaban J connectivity index is 1.59. The van der Waals surface area contributed by atoms with Crippen LogP contribution in [0.15, 0.2) is 24.5 Å². The molecule has 3 aromatic rings. The first kappa shape index (κ1) is 29.7. The number of benzene rings is 1. The van der Waals surface area contributed by atoms with E-state index in [0.29, 0.717) is 33.0 Å². The molecule has 1 aliphatic rings. The number of fused-ring (bicyclic) bond motifs is 1. The highest BCUT2D eigenvalue weighted by Gasteiger charge is 2.39. The van der Waals surface area contributed by atoms with Crippen LogP contribution in [0.5, 0.6) is 5.75 Å². The Kier molecular flexibility index (Phi) is 9.54. The number of rotatable bonds is 12. The molecule has 1 N–H and O–H groups in total. The van der Waals surface area contributed by atoms with Crippen LogP contribution in [0.25, 0.3) is 22.2 Å². The molecule has 3 heterocycles. The maximum Gasteiger partial charge on any atom is 0.250 e. The van der Waals surface area contributed by atoms with Crippen molar-refractivity contribution in [2.45, 2.75) is 90.9 Å². The first-order valence-corrected chi connectivity index (χ1v) is 17.1. The average molecular weight is 559 g/mol. The van der Waals surface area contributed by atoms with E-state index in [2.05, 4.69) is 62.7 Å². The third-order valence-electron chi connectivity index (χ3n) is 7.68. The molecule has 1 aliphatic heterocycles. The summed E-state index contributed by atoms with van der Waals surface area (Å²) in [5.41, 5.74) is 4.07. The van der Waals surface area contributed by atoms with Gasteiger partial charge in [-0.1, -0.05) is 20.8 Å². The van der Waals surface area contributed by atoms with E-state index in [1.54, 1.807) is 6.92 Å². The summed E-state index contributed by atoms with van der Waals surface area (Å²) in [6.45, 7) is 18.3. The van der Waals surface area contributed by atoms with Gasteiger partial charge in [-0.05, 0) is 68.9 Å². The molecule has 1 saturated heterocycles. The van der Waals surface area contributed by atoms with Crippen LogP contribution in [0.4, 0.5) is 0 Å². The molecule has 0 radical (unpaired) electrons. The van der Waals surface area contributed by atoms with Gasteiger partial charge in [0.25, 0.3) is 0 Å². The van der Waals surface area contributed by atoms with E-state index in [1.807, 2.05) is 17.1 Å². The van der Waals surface area contributed by atoms with Gasteiger partial charge in [-0.15, -0.1) is 0 Å². The van der Waals surface area contributed by atoms with Crippen LogP contribution in [0, 0.1) is 6.92 Å². The minimum Gasteiger partial charge on any atom is -0.543 e. The molecule has 1 aromatic carbocycles. The Morgan fingerprint density at radius 2 is 1.92 bits per heavy atom. The highest BCUT2D eigenvalue weighted by Crippen LogP contribution is 2.41. The van der Waals surface area contributed by atoms with Crippen LogP contribution in [0.2, 0.25) is 18.1 Å². The van der Waals surface area contributed by atoms with Gasteiger partial charge in [0.15, 0.2) is 6.23 Å². The number of aliphatic hydroxyl groups excluding tert-OH is 1. The number of aromatic nitrogens is 4. The van der Waals surface area contributed by atoms with E-state index in [-0.39, 0.29) is 11.3 Å². The molecule has 39 heavy (non-hydrogen) atoms. The Morgan fingerprint density at radius 3 is 2.62 bits per heavy atom. The van der Waals surface area contributed by atoms with Crippen LogP contribution >= 0.6 is 0 Å². The molecule has 0 amide bonds. The van der Waals surface area contributed by atoms with Gasteiger partial charge in [-0.3, -0.25) is 4.68 Å². The second-order valence-corrected chi connectivity index (χ2v) is 16.9. The van der Waals surface area contributed by atoms with Crippen molar-refractivity contribution in [3.63, 3.8) is 0 Å². The van der Waals surface area contributed by atoms with Crippen LogP contribution in [0.3, 0.4) is 0 Å². The quantitative estimate of drug-likeness (QED) is 0.225. The number of aryl methyl sites for hydroxylation is 1. The fraction of sp³-hybridized carbons (Fsp3) is 0.655. The van der Waals surface area contributed by atoms with Crippen molar-refractivity contribution >= 4 is 19.2 Å². The Labute approximate surface area is 233 Å². The van der Waals surface area contributed by atoms with Crippen molar-refractivity contribution < 1.29 is 23.7 Å². The van der Waals surface area contributed by atoms with Crippen molar-refractivity contribution in [2.75, 3.05) is 33.0 Å². The van der Waals surface area contributed by atoms with Gasteiger partial charge in [0.05, 0.1) is 50.8 Å². The zero-order valence-electron chi connectivity index (χ0n) is 24.7. The first-order chi connectivity index (χ1) is 18.5. The monoisotopic (exact) mass is 558 g/mol. The van der Waals surface area contributed by atoms with Crippen molar-refractivity contribution in [2.24, 2.45) is 0 Å². The van der Waals surface area contributed by atoms with Crippen molar-refractivity contribution in [3.8, 4) is 17.0 Å². The summed E-state index contributed by atoms with van der Waals surface area (Å²) in [6.07, 6.45) is 6.54. The van der Waals surface area contributed by atoms with Crippen molar-refractivity contribution in [1.82, 2.24) is 19.6 Å². The second-order valence-electron chi connectivity index (χ2n) is 12.1. The summed E-state index contributed by atoms with van der Waals surface area (Å²) in [7, 11) is -2.01. The maximum atomic E-state index is 9.26. The molecule has 2 aromatic heterocycles. The minimum atomic E-state index is -2.01. The lowest BCUT2D eigenvalue weighted by atomic mass is 10.1. The summed E-state index contributed by atoms with van der Waals surface area (Å²) in [5.74, 6) is 0.899. The lowest BCUT2D eigenvalue weighted by molar-refractivity contribution is -0.0365. The summed E-state index contributed by atoms with van der Waals surface area (Å²) in [5, 5.41) is 20.1. The Hall–Kier alpha value is -2.24. The maximum absolute atomic E-state index is 9.26. The topological polar surface area (TPSA) is 92.8 Å². The molecular formula is C29H46N4O5Si. The van der Waals surface area contributed by atoms with Crippen LogP contribution in [0.1, 0.15) is 58.7 Å². The van der Waals surface area contributed by atoms with Gasteiger partial charge in [-0.25, -0.2) is 4.68 Å². The van der Waals surface area contributed by atoms with Crippen molar-refractivity contribution in [1.29, 1.82) is 0 Å². The fourth-order valence-corrected chi connectivity index (χ4v) is 5.54. The molecule has 4 rings (SSSR count). The van der Waals surface area contributed by atoms with E-state index in [1.165, 1.54) is 0 Å². The third kappa shape index (κ3) is 7.29. The first-order valence-electron chi connectivity index (χ1n) is 14.2. The molecule has 0 spiro atoms. The molecule has 216 valence electrons. The molecule has 0 aliphatic carbocycles. The zero-order valence-corrected chi connectivity index (χ0v) is 25.7. The van der Waals surface area contributed by atoms with E-state index < -0.39 is 14.4 Å². The third-order valence-corrected chi connectivity index (χ3v) is 12.0. The van der Waals surface area contributed by atoms with Gasteiger partial charge >= 0.3 is 0 Å². The normalized spacial score (nSPS) is 17.6. The SMILES string of the molecule is Cc1cc(O[Si](C)(C)C(C)(C)C)cc2c(-c3cnn(CCOCCOC[C@H](C)O)c3)nn(C3CCCCO3)c12. The molecule has 0 saturated carbocycles. The summed E-state index contributed by atoms with van der Waals surface area (Å²) in [6, 6.07) is 4.30. The smallest absolute Gasteiger partial charge is 0.250 e. The summed E-state index contributed by atoms with van der Waals surface area (Å²) >= 11 is 0. The van der Waals surface area contributed by atoms with Crippen molar-refractivity contribution in [3.05, 3.63) is 30.1 Å². The van der Waals surface area contributed by atoms with Crippen LogP contribution in [-0.4, -0.2) is 72.1 Å². The van der Waals surface area contributed by atoms with E-state index >= 15 is 0 Å². The Morgan fingerprint density at radius 1 is 1.15 bits per heavy atom. The van der Waals surface area contributed by atoms with Crippen LogP contribution in [-0.2, 0) is 20.8 Å². The zero-order chi connectivity index (χ0) is 28.2. The average Bonchev–Trinajstić information content (AvgIpc) is 3.48. The lowest BCUT2D eigenvalue weighted by Crippen LogP contribution is -2.43. The highest BCUT2D eigenvalue weighted by atomic mass is 28.4. The van der Waals surface area contributed by atoms with E-state index in [0.717, 1.165) is 59.3 Å². The van der Waals surface area contributed by atoms with Gasteiger partial charge in [0.2, 0.25) is 8.32 Å².